The first-order valence-corrected chi connectivity index (χ1v) is 9.52. The fourth-order valence-corrected chi connectivity index (χ4v) is 4.47. The predicted molar refractivity (Wildman–Crippen MR) is 96.4 cm³/mol. The lowest BCUT2D eigenvalue weighted by Gasteiger charge is -2.33. The Balaban J connectivity index is 1.46. The van der Waals surface area contributed by atoms with Crippen molar-refractivity contribution in [3.63, 3.8) is 0 Å². The predicted octanol–water partition coefficient (Wildman–Crippen LogP) is 4.19. The second-order valence-electron chi connectivity index (χ2n) is 7.40. The van der Waals surface area contributed by atoms with Crippen LogP contribution in [0.4, 0.5) is 5.69 Å². The average molecular weight is 356 g/mol. The van der Waals surface area contributed by atoms with E-state index in [0.717, 1.165) is 12.5 Å². The molecular formula is C19H24N4O3. The second kappa shape index (κ2) is 7.53. The average Bonchev–Trinajstić information content (AvgIpc) is 3.32. The molecule has 0 bridgehead atoms. The lowest BCUT2D eigenvalue weighted by molar-refractivity contribution is -0.384. The van der Waals surface area contributed by atoms with Gasteiger partial charge in [-0.15, -0.1) is 0 Å². The van der Waals surface area contributed by atoms with E-state index in [1.807, 2.05) is 0 Å². The Labute approximate surface area is 152 Å². The number of nitrogens with zero attached hydrogens (tertiary/aromatic N) is 4. The minimum absolute atomic E-state index is 0.0331. The largest absolute Gasteiger partial charge is 0.338 e. The summed E-state index contributed by atoms with van der Waals surface area (Å²) in [7, 11) is 0. The van der Waals surface area contributed by atoms with Crippen molar-refractivity contribution in [1.82, 2.24) is 15.0 Å². The van der Waals surface area contributed by atoms with Gasteiger partial charge in [-0.1, -0.05) is 36.6 Å². The van der Waals surface area contributed by atoms with Gasteiger partial charge in [0, 0.05) is 23.7 Å². The molecule has 7 nitrogen and oxygen atoms in total. The molecule has 0 spiro atoms. The molecule has 2 aliphatic rings. The van der Waals surface area contributed by atoms with Crippen LogP contribution in [0.25, 0.3) is 11.4 Å². The summed E-state index contributed by atoms with van der Waals surface area (Å²) in [6, 6.07) is 6.98. The SMILES string of the molecule is O=[N+]([O-])c1cccc(-c2noc(CN3CCC[C@@H]3C3CCCCC3)n2)c1. The number of non-ortho nitro benzene ring substituents is 1. The Morgan fingerprint density at radius 3 is 2.85 bits per heavy atom. The van der Waals surface area contributed by atoms with E-state index in [2.05, 4.69) is 15.0 Å². The van der Waals surface area contributed by atoms with Gasteiger partial charge in [-0.2, -0.15) is 4.98 Å². The van der Waals surface area contributed by atoms with Crippen LogP contribution in [0.15, 0.2) is 28.8 Å². The highest BCUT2D eigenvalue weighted by molar-refractivity contribution is 5.58. The maximum Gasteiger partial charge on any atom is 0.270 e. The van der Waals surface area contributed by atoms with Crippen LogP contribution in [0, 0.1) is 16.0 Å². The molecule has 1 aliphatic carbocycles. The number of nitro benzene ring substituents is 1. The fourth-order valence-electron chi connectivity index (χ4n) is 4.47. The second-order valence-corrected chi connectivity index (χ2v) is 7.40. The first-order valence-electron chi connectivity index (χ1n) is 9.52. The summed E-state index contributed by atoms with van der Waals surface area (Å²) in [6.45, 7) is 1.75. The van der Waals surface area contributed by atoms with E-state index in [1.54, 1.807) is 12.1 Å². The van der Waals surface area contributed by atoms with Crippen LogP contribution in [0.1, 0.15) is 50.8 Å². The lowest BCUT2D eigenvalue weighted by atomic mass is 9.83. The fraction of sp³-hybridized carbons (Fsp3) is 0.579. The molecule has 2 aromatic rings. The first kappa shape index (κ1) is 17.1. The monoisotopic (exact) mass is 356 g/mol. The third-order valence-electron chi connectivity index (χ3n) is 5.73. The first-order chi connectivity index (χ1) is 12.7. The standard InChI is InChI=1S/C19H24N4O3/c24-23(25)16-9-4-8-15(12-16)19-20-18(26-21-19)13-22-11-5-10-17(22)14-6-2-1-3-7-14/h4,8-9,12,14,17H,1-3,5-7,10-11,13H2/t17-/m1/s1. The Bertz CT molecular complexity index is 770. The molecule has 7 heteroatoms. The minimum Gasteiger partial charge on any atom is -0.338 e. The van der Waals surface area contributed by atoms with Crippen molar-refractivity contribution >= 4 is 5.69 Å². The summed E-state index contributed by atoms with van der Waals surface area (Å²) in [5.41, 5.74) is 0.644. The van der Waals surface area contributed by atoms with Gasteiger partial charge in [-0.3, -0.25) is 15.0 Å². The number of rotatable bonds is 5. The lowest BCUT2D eigenvalue weighted by Crippen LogP contribution is -2.36. The molecule has 26 heavy (non-hydrogen) atoms. The van der Waals surface area contributed by atoms with Gasteiger partial charge >= 0.3 is 0 Å². The third kappa shape index (κ3) is 3.62. The number of hydrogen-bond donors (Lipinski definition) is 0. The van der Waals surface area contributed by atoms with Crippen molar-refractivity contribution < 1.29 is 9.45 Å². The van der Waals surface area contributed by atoms with Crippen LogP contribution in [0.2, 0.25) is 0 Å². The number of aromatic nitrogens is 2. The highest BCUT2D eigenvalue weighted by Crippen LogP contribution is 2.35. The van der Waals surface area contributed by atoms with Gasteiger partial charge in [0.2, 0.25) is 11.7 Å². The molecule has 1 saturated heterocycles. The number of benzene rings is 1. The zero-order valence-corrected chi connectivity index (χ0v) is 14.8. The quantitative estimate of drug-likeness (QED) is 0.590. The Hall–Kier alpha value is -2.28. The molecule has 2 heterocycles. The van der Waals surface area contributed by atoms with Crippen LogP contribution in [0.5, 0.6) is 0 Å². The molecular weight excluding hydrogens is 332 g/mol. The van der Waals surface area contributed by atoms with Gasteiger partial charge in [-0.25, -0.2) is 0 Å². The molecule has 0 N–H and O–H groups in total. The molecule has 4 rings (SSSR count). The van der Waals surface area contributed by atoms with Crippen molar-refractivity contribution in [3.05, 3.63) is 40.3 Å². The maximum absolute atomic E-state index is 10.9. The van der Waals surface area contributed by atoms with Crippen LogP contribution in [-0.2, 0) is 6.54 Å². The van der Waals surface area contributed by atoms with Gasteiger partial charge in [0.1, 0.15) is 0 Å². The van der Waals surface area contributed by atoms with Crippen molar-refractivity contribution in [2.24, 2.45) is 5.92 Å². The van der Waals surface area contributed by atoms with Crippen LogP contribution >= 0.6 is 0 Å². The molecule has 1 aromatic carbocycles. The van der Waals surface area contributed by atoms with Crippen molar-refractivity contribution in [1.29, 1.82) is 0 Å². The molecule has 2 fully saturated rings. The number of likely N-dealkylation sites (tertiary alicyclic amines) is 1. The maximum atomic E-state index is 10.9. The van der Waals surface area contributed by atoms with E-state index in [-0.39, 0.29) is 5.69 Å². The summed E-state index contributed by atoms with van der Waals surface area (Å²) in [6.07, 6.45) is 9.25. The summed E-state index contributed by atoms with van der Waals surface area (Å²) in [4.78, 5) is 17.5. The number of hydrogen-bond acceptors (Lipinski definition) is 6. The minimum atomic E-state index is -0.413. The molecule has 1 saturated carbocycles. The van der Waals surface area contributed by atoms with Crippen molar-refractivity contribution in [2.45, 2.75) is 57.5 Å². The third-order valence-corrected chi connectivity index (χ3v) is 5.73. The summed E-state index contributed by atoms with van der Waals surface area (Å²) < 4.78 is 5.44. The van der Waals surface area contributed by atoms with E-state index in [9.17, 15) is 10.1 Å². The van der Waals surface area contributed by atoms with E-state index in [0.29, 0.717) is 29.9 Å². The van der Waals surface area contributed by atoms with Gasteiger partial charge in [0.25, 0.3) is 5.69 Å². The topological polar surface area (TPSA) is 85.3 Å². The molecule has 138 valence electrons. The number of nitro groups is 1. The van der Waals surface area contributed by atoms with Crippen LogP contribution in [-0.4, -0.2) is 32.6 Å². The molecule has 1 aliphatic heterocycles. The molecule has 1 aromatic heterocycles. The van der Waals surface area contributed by atoms with E-state index in [4.69, 9.17) is 4.52 Å². The van der Waals surface area contributed by atoms with E-state index in [1.165, 1.54) is 57.1 Å². The molecule has 0 unspecified atom stereocenters. The Morgan fingerprint density at radius 1 is 1.19 bits per heavy atom. The van der Waals surface area contributed by atoms with Gasteiger partial charge in [0.15, 0.2) is 0 Å². The summed E-state index contributed by atoms with van der Waals surface area (Å²) in [5.74, 6) is 1.80. The normalized spacial score (nSPS) is 21.9. The van der Waals surface area contributed by atoms with Crippen LogP contribution < -0.4 is 0 Å². The highest BCUT2D eigenvalue weighted by atomic mass is 16.6. The van der Waals surface area contributed by atoms with Gasteiger partial charge in [0.05, 0.1) is 11.5 Å². The molecule has 0 amide bonds. The summed E-state index contributed by atoms with van der Waals surface area (Å²) in [5, 5.41) is 15.0. The molecule has 1 atom stereocenters. The van der Waals surface area contributed by atoms with E-state index >= 15 is 0 Å². The van der Waals surface area contributed by atoms with Crippen molar-refractivity contribution in [2.75, 3.05) is 6.54 Å². The van der Waals surface area contributed by atoms with Gasteiger partial charge < -0.3 is 4.52 Å². The Kier molecular flexibility index (Phi) is 4.97. The van der Waals surface area contributed by atoms with Gasteiger partial charge in [-0.05, 0) is 38.1 Å². The zero-order valence-electron chi connectivity index (χ0n) is 14.8. The Morgan fingerprint density at radius 2 is 2.04 bits per heavy atom. The van der Waals surface area contributed by atoms with Crippen LogP contribution in [0.3, 0.4) is 0 Å². The smallest absolute Gasteiger partial charge is 0.270 e. The van der Waals surface area contributed by atoms with Crippen molar-refractivity contribution in [3.8, 4) is 11.4 Å². The molecule has 0 radical (unpaired) electrons. The van der Waals surface area contributed by atoms with E-state index < -0.39 is 4.92 Å². The highest BCUT2D eigenvalue weighted by Gasteiger charge is 2.33. The zero-order chi connectivity index (χ0) is 17.9. The summed E-state index contributed by atoms with van der Waals surface area (Å²) >= 11 is 0.